The Kier molecular flexibility index (Phi) is 7.42. The second-order valence-corrected chi connectivity index (χ2v) is 10.2. The van der Waals surface area contributed by atoms with Crippen LogP contribution < -0.4 is 4.74 Å². The number of ether oxygens (including phenoxy) is 2. The van der Waals surface area contributed by atoms with Crippen LogP contribution in [0.3, 0.4) is 0 Å². The second kappa shape index (κ2) is 10.8. The van der Waals surface area contributed by atoms with E-state index < -0.39 is 17.7 Å². The number of rotatable bonds is 7. The number of fused-ring (bicyclic) bond motifs is 1. The molecule has 38 heavy (non-hydrogen) atoms. The van der Waals surface area contributed by atoms with Crippen molar-refractivity contribution in [3.05, 3.63) is 63.5 Å². The summed E-state index contributed by atoms with van der Waals surface area (Å²) in [5, 5.41) is 22.0. The number of halogens is 1. The number of phenols is 1. The highest BCUT2D eigenvalue weighted by Gasteiger charge is 2.46. The first-order valence-corrected chi connectivity index (χ1v) is 13.2. The zero-order valence-corrected chi connectivity index (χ0v) is 22.8. The quantitative estimate of drug-likeness (QED) is 0.247. The Morgan fingerprint density at radius 1 is 1.21 bits per heavy atom. The van der Waals surface area contributed by atoms with Gasteiger partial charge >= 0.3 is 0 Å². The molecule has 0 radical (unpaired) electrons. The minimum Gasteiger partial charge on any atom is -0.505 e. The summed E-state index contributed by atoms with van der Waals surface area (Å²) in [6.45, 7) is 5.77. The van der Waals surface area contributed by atoms with Crippen LogP contribution in [-0.2, 0) is 14.3 Å². The summed E-state index contributed by atoms with van der Waals surface area (Å²) in [4.78, 5) is 35.1. The Labute approximate surface area is 228 Å². The highest BCUT2D eigenvalue weighted by Crippen LogP contribution is 2.44. The van der Waals surface area contributed by atoms with Gasteiger partial charge in [0.05, 0.1) is 42.1 Å². The first kappa shape index (κ1) is 26.2. The Bertz CT molecular complexity index is 1430. The van der Waals surface area contributed by atoms with Crippen molar-refractivity contribution >= 4 is 39.0 Å². The van der Waals surface area contributed by atoms with Crippen molar-refractivity contribution in [2.75, 3.05) is 46.5 Å². The van der Waals surface area contributed by atoms with E-state index in [0.29, 0.717) is 53.3 Å². The first-order chi connectivity index (χ1) is 18.3. The van der Waals surface area contributed by atoms with Crippen molar-refractivity contribution in [1.29, 1.82) is 0 Å². The molecule has 4 heterocycles. The van der Waals surface area contributed by atoms with Crippen molar-refractivity contribution < 1.29 is 29.3 Å². The van der Waals surface area contributed by atoms with Gasteiger partial charge in [0.1, 0.15) is 11.3 Å². The van der Waals surface area contributed by atoms with Gasteiger partial charge in [-0.2, -0.15) is 0 Å². The van der Waals surface area contributed by atoms with E-state index in [1.165, 1.54) is 12.0 Å². The van der Waals surface area contributed by atoms with Crippen LogP contribution in [0, 0.1) is 6.92 Å². The van der Waals surface area contributed by atoms with Gasteiger partial charge in [-0.3, -0.25) is 18.9 Å². The largest absolute Gasteiger partial charge is 0.505 e. The number of aromatic hydroxyl groups is 1. The third-order valence-corrected chi connectivity index (χ3v) is 7.64. The van der Waals surface area contributed by atoms with Crippen LogP contribution in [0.25, 0.3) is 11.4 Å². The van der Waals surface area contributed by atoms with E-state index in [1.54, 1.807) is 41.8 Å². The molecule has 2 aliphatic heterocycles. The van der Waals surface area contributed by atoms with Gasteiger partial charge in [0.2, 0.25) is 0 Å². The maximum Gasteiger partial charge on any atom is 0.295 e. The number of carbonyl (C=O) groups is 2. The van der Waals surface area contributed by atoms with E-state index in [0.717, 1.165) is 19.6 Å². The van der Waals surface area contributed by atoms with Crippen LogP contribution in [0.15, 0.2) is 46.6 Å². The van der Waals surface area contributed by atoms with E-state index in [9.17, 15) is 19.8 Å². The minimum atomic E-state index is -0.890. The number of nitrogens with zero attached hydrogens (tertiary/aromatic N) is 4. The summed E-state index contributed by atoms with van der Waals surface area (Å²) < 4.78 is 12.8. The van der Waals surface area contributed by atoms with Gasteiger partial charge in [-0.1, -0.05) is 6.07 Å². The maximum absolute atomic E-state index is 13.5. The van der Waals surface area contributed by atoms with Crippen LogP contribution in [0.5, 0.6) is 11.5 Å². The molecule has 2 aliphatic rings. The molecule has 0 bridgehead atoms. The number of hydrogen-bond acceptors (Lipinski definition) is 8. The lowest BCUT2D eigenvalue weighted by Gasteiger charge is -2.29. The number of imidazole rings is 1. The van der Waals surface area contributed by atoms with Crippen molar-refractivity contribution in [1.82, 2.24) is 19.2 Å². The number of likely N-dealkylation sites (tertiary alicyclic amines) is 1. The summed E-state index contributed by atoms with van der Waals surface area (Å²) >= 11 is 3.35. The molecule has 3 aromatic rings. The zero-order valence-electron chi connectivity index (χ0n) is 21.2. The van der Waals surface area contributed by atoms with Gasteiger partial charge in [-0.15, -0.1) is 0 Å². The van der Waals surface area contributed by atoms with Gasteiger partial charge in [-0.05, 0) is 59.1 Å². The van der Waals surface area contributed by atoms with E-state index in [1.807, 2.05) is 6.07 Å². The number of phenolic OH excluding ortho intramolecular Hbond substituents is 1. The third kappa shape index (κ3) is 4.65. The number of pyridine rings is 1. The molecule has 0 aliphatic carbocycles. The van der Waals surface area contributed by atoms with Crippen LogP contribution in [0.2, 0.25) is 0 Å². The highest BCUT2D eigenvalue weighted by molar-refractivity contribution is 9.10. The number of hydrogen-bond donors (Lipinski definition) is 2. The molecule has 2 N–H and O–H groups in total. The zero-order chi connectivity index (χ0) is 27.0. The van der Waals surface area contributed by atoms with Crippen LogP contribution >= 0.6 is 15.9 Å². The summed E-state index contributed by atoms with van der Waals surface area (Å²) in [5.74, 6) is -1.68. The number of amides is 1. The number of carbonyl (C=O) groups excluding carboxylic acids is 2. The number of aliphatic hydroxyl groups excluding tert-OH is 1. The molecule has 2 aromatic heterocycles. The first-order valence-electron chi connectivity index (χ1n) is 12.4. The molecule has 11 heteroatoms. The van der Waals surface area contributed by atoms with E-state index >= 15 is 0 Å². The normalized spacial score (nSPS) is 20.0. The van der Waals surface area contributed by atoms with Gasteiger partial charge in [0.25, 0.3) is 11.7 Å². The summed E-state index contributed by atoms with van der Waals surface area (Å²) in [6, 6.07) is 7.76. The van der Waals surface area contributed by atoms with Crippen LogP contribution in [-0.4, -0.2) is 87.6 Å². The molecule has 2 saturated heterocycles. The second-order valence-electron chi connectivity index (χ2n) is 9.33. The molecule has 1 amide bonds. The van der Waals surface area contributed by atoms with Crippen LogP contribution in [0.1, 0.15) is 29.4 Å². The predicted octanol–water partition coefficient (Wildman–Crippen LogP) is 3.26. The molecule has 1 aromatic carbocycles. The molecule has 1 unspecified atom stereocenters. The SMILES string of the molecule is COc1cc(C2C(=C(O)c3c(C)nc4ccccn34)C(=O)C(=O)N2CCCN2CCOCC2)cc(Br)c1O. The number of ketones is 1. The van der Waals surface area contributed by atoms with Crippen molar-refractivity contribution in [2.24, 2.45) is 0 Å². The van der Waals surface area contributed by atoms with Crippen molar-refractivity contribution in [3.8, 4) is 11.5 Å². The molecule has 1 atom stereocenters. The number of Topliss-reactive ketones (excluding diaryl/α,β-unsaturated/α-hetero) is 1. The fourth-order valence-corrected chi connectivity index (χ4v) is 5.64. The fourth-order valence-electron chi connectivity index (χ4n) is 5.18. The highest BCUT2D eigenvalue weighted by atomic mass is 79.9. The van der Waals surface area contributed by atoms with E-state index in [2.05, 4.69) is 25.8 Å². The van der Waals surface area contributed by atoms with E-state index in [4.69, 9.17) is 9.47 Å². The van der Waals surface area contributed by atoms with Crippen LogP contribution in [0.4, 0.5) is 0 Å². The van der Waals surface area contributed by atoms with Gasteiger partial charge in [0, 0.05) is 32.4 Å². The smallest absolute Gasteiger partial charge is 0.295 e. The van der Waals surface area contributed by atoms with Gasteiger partial charge in [0.15, 0.2) is 17.3 Å². The lowest BCUT2D eigenvalue weighted by atomic mass is 9.95. The number of aliphatic hydroxyl groups is 1. The average Bonchev–Trinajstić information content (AvgIpc) is 3.38. The average molecular weight is 585 g/mol. The summed E-state index contributed by atoms with van der Waals surface area (Å²) in [5.41, 5.74) is 1.97. The Morgan fingerprint density at radius 3 is 2.71 bits per heavy atom. The maximum atomic E-state index is 13.5. The topological polar surface area (TPSA) is 117 Å². The molecule has 0 spiro atoms. The van der Waals surface area contributed by atoms with E-state index in [-0.39, 0.29) is 22.8 Å². The number of methoxy groups -OCH3 is 1. The number of benzene rings is 1. The fraction of sp³-hybridized carbons (Fsp3) is 0.370. The molecule has 10 nitrogen and oxygen atoms in total. The monoisotopic (exact) mass is 584 g/mol. The standard InChI is InChI=1S/C27H29BrN4O6/c1-16-22(31-8-4-3-6-20(31)29-16)25(34)21-23(17-14-18(28)24(33)19(15-17)37-2)32(27(36)26(21)35)9-5-7-30-10-12-38-13-11-30/h3-4,6,8,14-15,23,33-34H,5,7,9-13H2,1-2H3. The lowest BCUT2D eigenvalue weighted by molar-refractivity contribution is -0.140. The van der Waals surface area contributed by atoms with Gasteiger partial charge in [-0.25, -0.2) is 4.98 Å². The van der Waals surface area contributed by atoms with Crippen molar-refractivity contribution in [2.45, 2.75) is 19.4 Å². The minimum absolute atomic E-state index is 0.0326. The van der Waals surface area contributed by atoms with Crippen molar-refractivity contribution in [3.63, 3.8) is 0 Å². The number of morpholine rings is 1. The predicted molar refractivity (Wildman–Crippen MR) is 143 cm³/mol. The molecule has 200 valence electrons. The third-order valence-electron chi connectivity index (χ3n) is 7.03. The molecule has 5 rings (SSSR count). The molecule has 2 fully saturated rings. The summed E-state index contributed by atoms with van der Waals surface area (Å²) in [6.07, 6.45) is 2.38. The number of aromatic nitrogens is 2. The Morgan fingerprint density at radius 2 is 1.97 bits per heavy atom. The molecule has 0 saturated carbocycles. The Hall–Kier alpha value is -3.41. The lowest BCUT2D eigenvalue weighted by Crippen LogP contribution is -2.39. The molecular formula is C27H29BrN4O6. The molecular weight excluding hydrogens is 556 g/mol. The summed E-state index contributed by atoms with van der Waals surface area (Å²) in [7, 11) is 1.42. The number of aryl methyl sites for hydroxylation is 1. The van der Waals surface area contributed by atoms with Gasteiger partial charge < -0.3 is 24.6 Å². The Balaban J connectivity index is 1.60.